The molecule has 3 nitrogen and oxygen atoms in total. The Hall–Kier alpha value is -1.37. The number of phenols is 3. The van der Waals surface area contributed by atoms with E-state index >= 15 is 0 Å². The molecule has 0 atom stereocenters. The molecule has 0 saturated heterocycles. The monoisotopic (exact) mass is 464 g/mol. The van der Waals surface area contributed by atoms with Crippen LogP contribution in [0.3, 0.4) is 0 Å². The second-order valence-electron chi connectivity index (χ2n) is 5.51. The van der Waals surface area contributed by atoms with Crippen molar-refractivity contribution in [1.29, 1.82) is 0 Å². The van der Waals surface area contributed by atoms with E-state index in [4.69, 9.17) is 15.3 Å². The van der Waals surface area contributed by atoms with E-state index in [0.717, 1.165) is 0 Å². The molecule has 0 radical (unpaired) electrons. The van der Waals surface area contributed by atoms with Crippen molar-refractivity contribution in [1.82, 2.24) is 0 Å². The SMILES string of the molecule is Cc1ccc(O)cc1.Cc1ccc(O)cc1.Cc1ccc(O)cc1.[Ba+2].[H-].[H-]. The topological polar surface area (TPSA) is 60.7 Å². The van der Waals surface area contributed by atoms with E-state index in [0.29, 0.717) is 17.2 Å². The summed E-state index contributed by atoms with van der Waals surface area (Å²) in [6.45, 7) is 5.96. The molecule has 130 valence electrons. The van der Waals surface area contributed by atoms with Gasteiger partial charge in [0.2, 0.25) is 0 Å². The summed E-state index contributed by atoms with van der Waals surface area (Å²) in [7, 11) is 0. The van der Waals surface area contributed by atoms with Gasteiger partial charge in [0.1, 0.15) is 17.2 Å². The van der Waals surface area contributed by atoms with Gasteiger partial charge in [0, 0.05) is 0 Å². The predicted molar refractivity (Wildman–Crippen MR) is 107 cm³/mol. The normalized spacial score (nSPS) is 8.76. The number of aryl methyl sites for hydroxylation is 3. The Morgan fingerprint density at radius 1 is 0.440 bits per heavy atom. The Bertz CT molecular complexity index is 550. The Morgan fingerprint density at radius 3 is 0.720 bits per heavy atom. The van der Waals surface area contributed by atoms with E-state index in [1.54, 1.807) is 36.4 Å². The van der Waals surface area contributed by atoms with Gasteiger partial charge in [0.05, 0.1) is 0 Å². The van der Waals surface area contributed by atoms with Crippen LogP contribution in [-0.4, -0.2) is 64.2 Å². The summed E-state index contributed by atoms with van der Waals surface area (Å²) in [6.07, 6.45) is 0. The first-order chi connectivity index (χ1) is 11.4. The van der Waals surface area contributed by atoms with Gasteiger partial charge in [-0.15, -0.1) is 0 Å². The second-order valence-corrected chi connectivity index (χ2v) is 5.51. The van der Waals surface area contributed by atoms with Crippen LogP contribution in [0, 0.1) is 20.8 Å². The summed E-state index contributed by atoms with van der Waals surface area (Å²) < 4.78 is 0. The second kappa shape index (κ2) is 12.9. The van der Waals surface area contributed by atoms with Gasteiger partial charge in [0.15, 0.2) is 0 Å². The van der Waals surface area contributed by atoms with Crippen LogP contribution >= 0.6 is 0 Å². The summed E-state index contributed by atoms with van der Waals surface area (Å²) in [5.74, 6) is 0.988. The maximum atomic E-state index is 8.76. The quantitative estimate of drug-likeness (QED) is 0.414. The van der Waals surface area contributed by atoms with Crippen molar-refractivity contribution in [2.24, 2.45) is 0 Å². The summed E-state index contributed by atoms with van der Waals surface area (Å²) in [5, 5.41) is 26.3. The van der Waals surface area contributed by atoms with Crippen molar-refractivity contribution in [3.63, 3.8) is 0 Å². The van der Waals surface area contributed by atoms with Gasteiger partial charge in [-0.1, -0.05) is 53.1 Å². The third-order valence-electron chi connectivity index (χ3n) is 3.10. The average molecular weight is 464 g/mol. The Kier molecular flexibility index (Phi) is 12.2. The predicted octanol–water partition coefficient (Wildman–Crippen LogP) is 4.95. The minimum Gasteiger partial charge on any atom is -1.00 e. The molecular weight excluding hydrogens is 438 g/mol. The van der Waals surface area contributed by atoms with Crippen LogP contribution in [0.1, 0.15) is 19.5 Å². The molecule has 3 N–H and O–H groups in total. The Labute approximate surface area is 193 Å². The average Bonchev–Trinajstić information content (AvgIpc) is 2.57. The molecule has 25 heavy (non-hydrogen) atoms. The van der Waals surface area contributed by atoms with Gasteiger partial charge in [-0.3, -0.25) is 0 Å². The zero-order chi connectivity index (χ0) is 17.9. The van der Waals surface area contributed by atoms with Crippen molar-refractivity contribution in [2.75, 3.05) is 0 Å². The zero-order valence-electron chi connectivity index (χ0n) is 17.0. The van der Waals surface area contributed by atoms with Crippen LogP contribution in [0.4, 0.5) is 0 Å². The molecule has 3 aromatic rings. The summed E-state index contributed by atoms with van der Waals surface area (Å²) >= 11 is 0. The van der Waals surface area contributed by atoms with Crippen molar-refractivity contribution < 1.29 is 18.2 Å². The van der Waals surface area contributed by atoms with Gasteiger partial charge in [-0.2, -0.15) is 0 Å². The maximum Gasteiger partial charge on any atom is 2.00 e. The maximum absolute atomic E-state index is 8.76. The van der Waals surface area contributed by atoms with E-state index in [9.17, 15) is 0 Å². The van der Waals surface area contributed by atoms with Crippen molar-refractivity contribution in [3.05, 3.63) is 89.5 Å². The molecular formula is C21H26BaO3. The molecule has 0 amide bonds. The molecule has 0 aromatic heterocycles. The molecule has 4 heteroatoms. The van der Waals surface area contributed by atoms with Crippen LogP contribution in [0.5, 0.6) is 17.2 Å². The first kappa shape index (κ1) is 23.6. The fourth-order valence-corrected chi connectivity index (χ4v) is 1.63. The van der Waals surface area contributed by atoms with Crippen LogP contribution in [0.2, 0.25) is 0 Å². The van der Waals surface area contributed by atoms with Gasteiger partial charge in [-0.25, -0.2) is 0 Å². The standard InChI is InChI=1S/3C7H8O.Ba.2H/c3*1-6-2-4-7(8)5-3-6;;;/h3*2-5,8H,1H3;;;/q;;;+2;2*-1. The van der Waals surface area contributed by atoms with Crippen LogP contribution in [0.25, 0.3) is 0 Å². The molecule has 0 aliphatic rings. The molecule has 0 aliphatic heterocycles. The fourth-order valence-electron chi connectivity index (χ4n) is 1.63. The molecule has 3 aromatic carbocycles. The van der Waals surface area contributed by atoms with Crippen molar-refractivity contribution in [3.8, 4) is 17.2 Å². The summed E-state index contributed by atoms with van der Waals surface area (Å²) in [4.78, 5) is 0. The number of hydrogen-bond donors (Lipinski definition) is 3. The largest absolute Gasteiger partial charge is 2.00 e. The Morgan fingerprint density at radius 2 is 0.600 bits per heavy atom. The van der Waals surface area contributed by atoms with E-state index < -0.39 is 0 Å². The molecule has 0 saturated carbocycles. The van der Waals surface area contributed by atoms with Crippen molar-refractivity contribution in [2.45, 2.75) is 20.8 Å². The van der Waals surface area contributed by atoms with E-state index in [2.05, 4.69) is 0 Å². The minimum atomic E-state index is 0. The van der Waals surface area contributed by atoms with Crippen molar-refractivity contribution >= 4 is 48.9 Å². The van der Waals surface area contributed by atoms with Gasteiger partial charge in [-0.05, 0) is 57.2 Å². The van der Waals surface area contributed by atoms with Crippen LogP contribution in [0.15, 0.2) is 72.8 Å². The number of hydrogen-bond acceptors (Lipinski definition) is 3. The number of benzene rings is 3. The molecule has 0 heterocycles. The van der Waals surface area contributed by atoms with Gasteiger partial charge < -0.3 is 18.2 Å². The third-order valence-corrected chi connectivity index (χ3v) is 3.10. The zero-order valence-corrected chi connectivity index (χ0v) is 19.4. The molecule has 0 spiro atoms. The molecule has 0 fully saturated rings. The number of rotatable bonds is 0. The first-order valence-corrected chi connectivity index (χ1v) is 7.63. The molecule has 0 unspecified atom stereocenters. The van der Waals surface area contributed by atoms with E-state index in [1.807, 2.05) is 57.2 Å². The molecule has 0 bridgehead atoms. The van der Waals surface area contributed by atoms with Crippen LogP contribution in [-0.2, 0) is 0 Å². The Balaban J connectivity index is -0.000000303. The van der Waals surface area contributed by atoms with E-state index in [-0.39, 0.29) is 51.7 Å². The van der Waals surface area contributed by atoms with Gasteiger partial charge >= 0.3 is 48.9 Å². The summed E-state index contributed by atoms with van der Waals surface area (Å²) in [6, 6.07) is 21.3. The number of aromatic hydroxyl groups is 3. The molecule has 0 aliphatic carbocycles. The van der Waals surface area contributed by atoms with E-state index in [1.165, 1.54) is 16.7 Å². The third kappa shape index (κ3) is 11.8. The minimum absolute atomic E-state index is 0. The summed E-state index contributed by atoms with van der Waals surface area (Å²) in [5.41, 5.74) is 3.51. The fraction of sp³-hybridized carbons (Fsp3) is 0.143. The van der Waals surface area contributed by atoms with Gasteiger partial charge in [0.25, 0.3) is 0 Å². The first-order valence-electron chi connectivity index (χ1n) is 7.63. The molecule has 3 rings (SSSR count). The number of phenolic OH excluding ortho intramolecular Hbond substituents is 3. The smallest absolute Gasteiger partial charge is 1.00 e. The van der Waals surface area contributed by atoms with Crippen LogP contribution < -0.4 is 0 Å².